The summed E-state index contributed by atoms with van der Waals surface area (Å²) in [7, 11) is 0. The molecule has 0 spiro atoms. The predicted octanol–water partition coefficient (Wildman–Crippen LogP) is 10.6. The van der Waals surface area contributed by atoms with E-state index in [4.69, 9.17) is 13.2 Å². The van der Waals surface area contributed by atoms with Gasteiger partial charge < -0.3 is 9.55 Å². The van der Waals surface area contributed by atoms with Gasteiger partial charge in [-0.25, -0.2) is 0 Å². The van der Waals surface area contributed by atoms with Crippen molar-refractivity contribution in [3.63, 3.8) is 0 Å². The van der Waals surface area contributed by atoms with Gasteiger partial charge in [-0.05, 0) is 61.1 Å². The molecule has 44 heavy (non-hydrogen) atoms. The molecule has 0 fully saturated rings. The average Bonchev–Trinajstić information content (AvgIpc) is 3.65. The first kappa shape index (κ1) is 24.4. The standard InChI is InChI=1S/C26H23N2S.C13H12N.Ir/c1-16(2)19-12-13-20-21(15-29-24(20)14-19)26-27-22-10-5-6-11-23(22)28(26)25-17(3)8-7-9-18(25)4;1-10-3-6-12(7-4-10)13-8-5-11(2)9-14-13;/h5-14,16H,1-4H3;3-6,8-9H,1-2H3;/q2*-1;/i;1D3,2D3;. The van der Waals surface area contributed by atoms with E-state index in [0.717, 1.165) is 22.4 Å². The Kier molecular flexibility index (Phi) is 7.44. The fraction of sp³-hybridized carbons (Fsp3) is 0.179. The zero-order valence-electron chi connectivity index (χ0n) is 30.9. The molecular weight excluding hydrogens is 735 g/mol. The fourth-order valence-electron chi connectivity index (χ4n) is 5.23. The van der Waals surface area contributed by atoms with Gasteiger partial charge in [0.2, 0.25) is 0 Å². The molecular formula is C39H35IrN3S-2. The van der Waals surface area contributed by atoms with Crippen molar-refractivity contribution in [1.82, 2.24) is 14.5 Å². The van der Waals surface area contributed by atoms with E-state index in [9.17, 15) is 0 Å². The third-order valence-electron chi connectivity index (χ3n) is 7.50. The summed E-state index contributed by atoms with van der Waals surface area (Å²) >= 11 is 1.68. The van der Waals surface area contributed by atoms with Crippen molar-refractivity contribution in [2.45, 2.75) is 47.3 Å². The summed E-state index contributed by atoms with van der Waals surface area (Å²) in [6.45, 7) is 4.48. The maximum Gasteiger partial charge on any atom is 0.0774 e. The predicted molar refractivity (Wildman–Crippen MR) is 182 cm³/mol. The van der Waals surface area contributed by atoms with Gasteiger partial charge in [-0.3, -0.25) is 16.3 Å². The van der Waals surface area contributed by atoms with Gasteiger partial charge in [-0.1, -0.05) is 96.5 Å². The molecule has 7 aromatic rings. The van der Waals surface area contributed by atoms with Crippen molar-refractivity contribution in [2.75, 3.05) is 0 Å². The number of rotatable bonds is 4. The second-order valence-corrected chi connectivity index (χ2v) is 11.8. The van der Waals surface area contributed by atoms with Crippen LogP contribution >= 0.6 is 11.3 Å². The normalized spacial score (nSPS) is 13.6. The van der Waals surface area contributed by atoms with Crippen LogP contribution in [0.15, 0.2) is 97.2 Å². The van der Waals surface area contributed by atoms with Crippen molar-refractivity contribution in [3.8, 4) is 28.3 Å². The molecule has 0 aliphatic rings. The first-order valence-corrected chi connectivity index (χ1v) is 15.0. The van der Waals surface area contributed by atoms with E-state index in [2.05, 4.69) is 109 Å². The molecule has 0 aliphatic carbocycles. The van der Waals surface area contributed by atoms with E-state index in [1.165, 1.54) is 56.9 Å². The number of imidazole rings is 1. The maximum absolute atomic E-state index is 7.28. The van der Waals surface area contributed by atoms with Gasteiger partial charge in [0.05, 0.1) is 16.9 Å². The van der Waals surface area contributed by atoms with Crippen LogP contribution in [0.1, 0.15) is 55.8 Å². The van der Waals surface area contributed by atoms with Crippen molar-refractivity contribution < 1.29 is 28.3 Å². The molecule has 223 valence electrons. The molecule has 0 bridgehead atoms. The van der Waals surface area contributed by atoms with Gasteiger partial charge in [0.1, 0.15) is 0 Å². The number of hydrogen-bond acceptors (Lipinski definition) is 3. The van der Waals surface area contributed by atoms with Gasteiger partial charge in [0.15, 0.2) is 0 Å². The Morgan fingerprint density at radius 2 is 1.64 bits per heavy atom. The smallest absolute Gasteiger partial charge is 0.0774 e. The molecule has 0 saturated heterocycles. The van der Waals surface area contributed by atoms with Crippen LogP contribution in [0.25, 0.3) is 49.5 Å². The topological polar surface area (TPSA) is 30.7 Å². The van der Waals surface area contributed by atoms with Gasteiger partial charge in [-0.2, -0.15) is 0 Å². The minimum atomic E-state index is -2.18. The summed E-state index contributed by atoms with van der Waals surface area (Å²) in [4.78, 5) is 9.14. The van der Waals surface area contributed by atoms with Gasteiger partial charge in [-0.15, -0.1) is 46.8 Å². The monoisotopic (exact) mass is 776 g/mol. The molecule has 7 rings (SSSR count). The van der Waals surface area contributed by atoms with E-state index >= 15 is 0 Å². The third-order valence-corrected chi connectivity index (χ3v) is 8.37. The first-order chi connectivity index (χ1) is 23.2. The Morgan fingerprint density at radius 1 is 0.864 bits per heavy atom. The fourth-order valence-corrected chi connectivity index (χ4v) is 6.12. The number of pyridine rings is 1. The van der Waals surface area contributed by atoms with Crippen LogP contribution in [0.5, 0.6) is 0 Å². The molecule has 0 atom stereocenters. The Morgan fingerprint density at radius 3 is 2.32 bits per heavy atom. The number of fused-ring (bicyclic) bond motifs is 2. The molecule has 3 heterocycles. The van der Waals surface area contributed by atoms with Gasteiger partial charge in [0, 0.05) is 40.2 Å². The van der Waals surface area contributed by atoms with Crippen LogP contribution < -0.4 is 0 Å². The number of aryl methyl sites for hydroxylation is 4. The van der Waals surface area contributed by atoms with Gasteiger partial charge >= 0.3 is 0 Å². The Hall–Kier alpha value is -3.89. The summed E-state index contributed by atoms with van der Waals surface area (Å²) in [5.41, 5.74) is 9.84. The number of aromatic nitrogens is 3. The number of thiophene rings is 1. The minimum Gasteiger partial charge on any atom is -0.333 e. The quantitative estimate of drug-likeness (QED) is 0.167. The maximum atomic E-state index is 7.28. The summed E-state index contributed by atoms with van der Waals surface area (Å²) in [5.74, 6) is 1.48. The summed E-state index contributed by atoms with van der Waals surface area (Å²) in [6.07, 6.45) is 1.30. The number of benzene rings is 4. The van der Waals surface area contributed by atoms with Crippen LogP contribution in [0.2, 0.25) is 0 Å². The molecule has 0 unspecified atom stereocenters. The van der Waals surface area contributed by atoms with Crippen molar-refractivity contribution in [3.05, 3.63) is 136 Å². The van der Waals surface area contributed by atoms with Crippen LogP contribution in [0, 0.1) is 39.0 Å². The van der Waals surface area contributed by atoms with Crippen molar-refractivity contribution in [2.24, 2.45) is 0 Å². The number of para-hydroxylation sites is 3. The molecule has 0 N–H and O–H groups in total. The third kappa shape index (κ3) is 6.32. The SMILES string of the molecule is Cc1cccc(C)c1-n1c(-c2[c-]sc3cc(C(C)C)ccc23)nc2ccccc21.[2H]C([2H])([2H])c1c[c-]c(-c2ccc(C([2H])([2H])[2H])cn2)cc1.[Ir]. The zero-order chi connectivity index (χ0) is 35.1. The number of hydrogen-bond donors (Lipinski definition) is 0. The van der Waals surface area contributed by atoms with E-state index in [-0.39, 0.29) is 31.2 Å². The largest absolute Gasteiger partial charge is 0.333 e. The molecule has 5 heteroatoms. The molecule has 3 nitrogen and oxygen atoms in total. The van der Waals surface area contributed by atoms with Crippen molar-refractivity contribution >= 4 is 32.5 Å². The summed E-state index contributed by atoms with van der Waals surface area (Å²) in [5, 5.41) is 4.79. The minimum absolute atomic E-state index is 0. The molecule has 1 radical (unpaired) electrons. The van der Waals surface area contributed by atoms with Crippen molar-refractivity contribution in [1.29, 1.82) is 0 Å². The van der Waals surface area contributed by atoms with Gasteiger partial charge in [0.25, 0.3) is 0 Å². The second kappa shape index (κ2) is 13.4. The Labute approximate surface area is 286 Å². The van der Waals surface area contributed by atoms with Crippen LogP contribution in [-0.4, -0.2) is 14.5 Å². The van der Waals surface area contributed by atoms with E-state index in [0.29, 0.717) is 17.2 Å². The zero-order valence-corrected chi connectivity index (χ0v) is 28.1. The Bertz CT molecular complexity index is 2170. The second-order valence-electron chi connectivity index (χ2n) is 10.9. The van der Waals surface area contributed by atoms with E-state index in [1.54, 1.807) is 23.5 Å². The number of nitrogens with zero attached hydrogens (tertiary/aromatic N) is 3. The van der Waals surface area contributed by atoms with Crippen LogP contribution in [0.4, 0.5) is 0 Å². The summed E-state index contributed by atoms with van der Waals surface area (Å²) < 4.78 is 47.2. The van der Waals surface area contributed by atoms with Crippen LogP contribution in [-0.2, 0) is 20.1 Å². The van der Waals surface area contributed by atoms with E-state index < -0.39 is 13.7 Å². The molecule has 0 aliphatic heterocycles. The molecule has 3 aromatic heterocycles. The van der Waals surface area contributed by atoms with E-state index in [1.807, 2.05) is 0 Å². The molecule has 0 saturated carbocycles. The molecule has 4 aromatic carbocycles. The Balaban J connectivity index is 0.000000204. The van der Waals surface area contributed by atoms with Crippen LogP contribution in [0.3, 0.4) is 0 Å². The molecule has 0 amide bonds. The average molecular weight is 776 g/mol. The first-order valence-electron chi connectivity index (χ1n) is 17.2. The summed E-state index contributed by atoms with van der Waals surface area (Å²) in [6, 6.07) is 32.1.